The van der Waals surface area contributed by atoms with Crippen molar-refractivity contribution in [1.82, 2.24) is 10.6 Å². The number of nitro benzene ring substituents is 1. The minimum Gasteiger partial charge on any atom is -0.355 e. The van der Waals surface area contributed by atoms with Crippen LogP contribution in [0.3, 0.4) is 0 Å². The largest absolute Gasteiger partial charge is 0.355 e. The second kappa shape index (κ2) is 7.55. The summed E-state index contributed by atoms with van der Waals surface area (Å²) in [6, 6.07) is 10.7. The van der Waals surface area contributed by atoms with Crippen LogP contribution in [-0.4, -0.2) is 23.9 Å². The molecule has 0 spiro atoms. The predicted octanol–water partition coefficient (Wildman–Crippen LogP) is 2.94. The van der Waals surface area contributed by atoms with Crippen LogP contribution in [0.1, 0.15) is 17.7 Å². The first-order chi connectivity index (χ1) is 11.6. The molecule has 1 heterocycles. The van der Waals surface area contributed by atoms with Gasteiger partial charge in [0.2, 0.25) is 5.91 Å². The van der Waals surface area contributed by atoms with E-state index in [4.69, 9.17) is 0 Å². The second-order valence-corrected chi connectivity index (χ2v) is 6.95. The average molecular weight is 345 g/mol. The van der Waals surface area contributed by atoms with E-state index in [2.05, 4.69) is 10.6 Å². The van der Waals surface area contributed by atoms with Gasteiger partial charge in [0.15, 0.2) is 0 Å². The van der Waals surface area contributed by atoms with Crippen molar-refractivity contribution in [3.8, 4) is 10.4 Å². The quantitative estimate of drug-likeness (QED) is 0.438. The minimum atomic E-state index is -0.352. The first-order valence-corrected chi connectivity index (χ1v) is 8.78. The number of rotatable bonds is 8. The van der Waals surface area contributed by atoms with Crippen molar-refractivity contribution in [2.24, 2.45) is 5.92 Å². The Kier molecular flexibility index (Phi) is 5.22. The Balaban J connectivity index is 1.50. The molecule has 2 N–H and O–H groups in total. The van der Waals surface area contributed by atoms with Gasteiger partial charge in [0, 0.05) is 41.4 Å². The molecule has 2 aromatic rings. The topological polar surface area (TPSA) is 84.3 Å². The molecule has 3 rings (SSSR count). The number of hydrogen-bond acceptors (Lipinski definition) is 5. The van der Waals surface area contributed by atoms with Crippen molar-refractivity contribution >= 4 is 22.9 Å². The summed E-state index contributed by atoms with van der Waals surface area (Å²) in [6.45, 7) is 2.01. The third-order valence-corrected chi connectivity index (χ3v) is 4.99. The Bertz CT molecular complexity index is 740. The van der Waals surface area contributed by atoms with Crippen molar-refractivity contribution < 1.29 is 9.72 Å². The first kappa shape index (κ1) is 16.6. The Hall–Kier alpha value is -2.25. The standard InChI is InChI=1S/C17H19N3O3S/c21-17(12-5-6-12)19-10-9-18-11-13-7-8-16(24-13)14-3-1-2-4-15(14)20(22)23/h1-4,7-8,12,18H,5-6,9-11H2,(H,19,21). The summed E-state index contributed by atoms with van der Waals surface area (Å²) in [6.07, 6.45) is 2.03. The van der Waals surface area contributed by atoms with Crippen LogP contribution in [0.25, 0.3) is 10.4 Å². The summed E-state index contributed by atoms with van der Waals surface area (Å²) >= 11 is 1.54. The van der Waals surface area contributed by atoms with Crippen molar-refractivity contribution in [2.45, 2.75) is 19.4 Å². The summed E-state index contributed by atoms with van der Waals surface area (Å²) < 4.78 is 0. The lowest BCUT2D eigenvalue weighted by Crippen LogP contribution is -2.32. The molecule has 0 unspecified atom stereocenters. The molecule has 6 nitrogen and oxygen atoms in total. The number of carbonyl (C=O) groups excluding carboxylic acids is 1. The fourth-order valence-electron chi connectivity index (χ4n) is 2.43. The highest BCUT2D eigenvalue weighted by molar-refractivity contribution is 7.15. The number of nitro groups is 1. The van der Waals surface area contributed by atoms with Crippen LogP contribution in [0.5, 0.6) is 0 Å². The van der Waals surface area contributed by atoms with Gasteiger partial charge in [-0.1, -0.05) is 12.1 Å². The SMILES string of the molecule is O=C(NCCNCc1ccc(-c2ccccc2[N+](=O)[O-])s1)C1CC1. The Morgan fingerprint density at radius 3 is 2.75 bits per heavy atom. The lowest BCUT2D eigenvalue weighted by atomic mass is 10.1. The molecule has 1 fully saturated rings. The Morgan fingerprint density at radius 2 is 2.00 bits per heavy atom. The van der Waals surface area contributed by atoms with Gasteiger partial charge in [0.25, 0.3) is 5.69 Å². The van der Waals surface area contributed by atoms with E-state index in [1.165, 1.54) is 6.07 Å². The van der Waals surface area contributed by atoms with Gasteiger partial charge in [0.05, 0.1) is 10.5 Å². The van der Waals surface area contributed by atoms with Crippen molar-refractivity contribution in [1.29, 1.82) is 0 Å². The number of nitrogens with one attached hydrogen (secondary N) is 2. The fourth-order valence-corrected chi connectivity index (χ4v) is 3.45. The lowest BCUT2D eigenvalue weighted by molar-refractivity contribution is -0.384. The Morgan fingerprint density at radius 1 is 1.21 bits per heavy atom. The minimum absolute atomic E-state index is 0.127. The summed E-state index contributed by atoms with van der Waals surface area (Å²) in [5.41, 5.74) is 0.775. The van der Waals surface area contributed by atoms with Gasteiger partial charge < -0.3 is 10.6 Å². The zero-order chi connectivity index (χ0) is 16.9. The van der Waals surface area contributed by atoms with Gasteiger partial charge in [-0.05, 0) is 31.0 Å². The Labute approximate surface area is 144 Å². The molecule has 1 aromatic carbocycles. The second-order valence-electron chi connectivity index (χ2n) is 5.78. The molecule has 1 aliphatic carbocycles. The number of para-hydroxylation sites is 1. The van der Waals surface area contributed by atoms with E-state index in [0.717, 1.165) is 22.6 Å². The summed E-state index contributed by atoms with van der Waals surface area (Å²) in [7, 11) is 0. The highest BCUT2D eigenvalue weighted by Gasteiger charge is 2.28. The normalized spacial score (nSPS) is 13.7. The smallest absolute Gasteiger partial charge is 0.278 e. The number of nitrogens with zero attached hydrogens (tertiary/aromatic N) is 1. The third-order valence-electron chi connectivity index (χ3n) is 3.88. The number of carbonyl (C=O) groups is 1. The molecule has 126 valence electrons. The summed E-state index contributed by atoms with van der Waals surface area (Å²) in [5, 5.41) is 17.3. The molecular formula is C17H19N3O3S. The van der Waals surface area contributed by atoms with E-state index in [1.54, 1.807) is 23.5 Å². The summed E-state index contributed by atoms with van der Waals surface area (Å²) in [5.74, 6) is 0.401. The van der Waals surface area contributed by atoms with Gasteiger partial charge in [-0.2, -0.15) is 0 Å². The maximum absolute atomic E-state index is 11.5. The van der Waals surface area contributed by atoms with Gasteiger partial charge in [-0.25, -0.2) is 0 Å². The van der Waals surface area contributed by atoms with Crippen LogP contribution in [0.15, 0.2) is 36.4 Å². The van der Waals surface area contributed by atoms with E-state index >= 15 is 0 Å². The molecule has 0 saturated heterocycles. The van der Waals surface area contributed by atoms with Crippen LogP contribution in [0.4, 0.5) is 5.69 Å². The van der Waals surface area contributed by atoms with E-state index < -0.39 is 0 Å². The zero-order valence-electron chi connectivity index (χ0n) is 13.2. The van der Waals surface area contributed by atoms with E-state index in [-0.39, 0.29) is 22.4 Å². The van der Waals surface area contributed by atoms with Crippen molar-refractivity contribution in [2.75, 3.05) is 13.1 Å². The first-order valence-electron chi connectivity index (χ1n) is 7.96. The van der Waals surface area contributed by atoms with Crippen LogP contribution < -0.4 is 10.6 Å². The number of thiophene rings is 1. The zero-order valence-corrected chi connectivity index (χ0v) is 14.0. The maximum atomic E-state index is 11.5. The van der Waals surface area contributed by atoms with E-state index in [0.29, 0.717) is 25.2 Å². The third kappa shape index (κ3) is 4.18. The summed E-state index contributed by atoms with van der Waals surface area (Å²) in [4.78, 5) is 24.3. The average Bonchev–Trinajstić information content (AvgIpc) is 3.33. The highest BCUT2D eigenvalue weighted by Crippen LogP contribution is 2.34. The molecule has 1 saturated carbocycles. The number of amides is 1. The molecule has 0 atom stereocenters. The maximum Gasteiger partial charge on any atom is 0.278 e. The van der Waals surface area contributed by atoms with Gasteiger partial charge in [-0.3, -0.25) is 14.9 Å². The predicted molar refractivity (Wildman–Crippen MR) is 93.8 cm³/mol. The van der Waals surface area contributed by atoms with E-state index in [9.17, 15) is 14.9 Å². The molecule has 1 aromatic heterocycles. The molecule has 1 amide bonds. The molecule has 1 aliphatic rings. The van der Waals surface area contributed by atoms with Gasteiger partial charge in [-0.15, -0.1) is 11.3 Å². The van der Waals surface area contributed by atoms with Crippen molar-refractivity contribution in [3.05, 3.63) is 51.4 Å². The molecule has 0 aliphatic heterocycles. The molecule has 0 bridgehead atoms. The molecule has 24 heavy (non-hydrogen) atoms. The van der Waals surface area contributed by atoms with E-state index in [1.807, 2.05) is 18.2 Å². The lowest BCUT2D eigenvalue weighted by Gasteiger charge is -2.05. The molecule has 0 radical (unpaired) electrons. The van der Waals surface area contributed by atoms with Crippen LogP contribution in [0, 0.1) is 16.0 Å². The molecular weight excluding hydrogens is 326 g/mol. The van der Waals surface area contributed by atoms with Crippen LogP contribution >= 0.6 is 11.3 Å². The molecule has 7 heteroatoms. The number of hydrogen-bond donors (Lipinski definition) is 2. The van der Waals surface area contributed by atoms with Crippen LogP contribution in [-0.2, 0) is 11.3 Å². The van der Waals surface area contributed by atoms with Gasteiger partial charge in [0.1, 0.15) is 0 Å². The fraction of sp³-hybridized carbons (Fsp3) is 0.353. The monoisotopic (exact) mass is 345 g/mol. The number of benzene rings is 1. The highest BCUT2D eigenvalue weighted by atomic mass is 32.1. The van der Waals surface area contributed by atoms with Gasteiger partial charge >= 0.3 is 0 Å². The van der Waals surface area contributed by atoms with Crippen LogP contribution in [0.2, 0.25) is 0 Å². The van der Waals surface area contributed by atoms with Crippen molar-refractivity contribution in [3.63, 3.8) is 0 Å².